The number of hydrogen-bond donors (Lipinski definition) is 1. The number of hydrogen-bond acceptors (Lipinski definition) is 3. The Morgan fingerprint density at radius 3 is 2.62 bits per heavy atom. The molecule has 0 radical (unpaired) electrons. The maximum Gasteiger partial charge on any atom is 0.128 e. The Morgan fingerprint density at radius 1 is 1.46 bits per heavy atom. The molecule has 3 heteroatoms. The topological polar surface area (TPSA) is 36.4 Å². The first-order valence-electron chi connectivity index (χ1n) is 4.33. The van der Waals surface area contributed by atoms with Crippen molar-refractivity contribution in [1.82, 2.24) is 4.98 Å². The average molecular weight is 180 g/mol. The van der Waals surface area contributed by atoms with E-state index in [-0.39, 0.29) is 12.1 Å². The van der Waals surface area contributed by atoms with E-state index in [9.17, 15) is 0 Å². The lowest BCUT2D eigenvalue weighted by molar-refractivity contribution is 0.215. The monoisotopic (exact) mass is 180 g/mol. The first-order valence-corrected chi connectivity index (χ1v) is 4.33. The summed E-state index contributed by atoms with van der Waals surface area (Å²) < 4.78 is 0. The van der Waals surface area contributed by atoms with E-state index in [1.165, 1.54) is 0 Å². The van der Waals surface area contributed by atoms with E-state index < -0.39 is 0 Å². The Hall–Kier alpha value is -1.09. The number of pyridine rings is 1. The summed E-state index contributed by atoms with van der Waals surface area (Å²) in [4.78, 5) is 6.17. The molecule has 0 fully saturated rings. The van der Waals surface area contributed by atoms with Gasteiger partial charge in [-0.1, -0.05) is 6.07 Å². The van der Waals surface area contributed by atoms with Gasteiger partial charge < -0.3 is 10.0 Å². The summed E-state index contributed by atoms with van der Waals surface area (Å²) in [6.07, 6.45) is 1.75. The molecule has 1 rings (SSSR count). The molecule has 0 aliphatic heterocycles. The van der Waals surface area contributed by atoms with Crippen LogP contribution in [-0.4, -0.2) is 29.3 Å². The number of aromatic nitrogens is 1. The van der Waals surface area contributed by atoms with Crippen LogP contribution in [0, 0.1) is 0 Å². The van der Waals surface area contributed by atoms with Gasteiger partial charge in [0, 0.05) is 13.2 Å². The Balaban J connectivity index is 2.85. The minimum atomic E-state index is -0.269. The van der Waals surface area contributed by atoms with E-state index in [0.717, 1.165) is 5.82 Å². The van der Waals surface area contributed by atoms with Gasteiger partial charge in [-0.25, -0.2) is 4.98 Å². The van der Waals surface area contributed by atoms with Crippen molar-refractivity contribution in [2.75, 3.05) is 18.6 Å². The molecule has 0 saturated heterocycles. The van der Waals surface area contributed by atoms with Gasteiger partial charge in [0.1, 0.15) is 5.82 Å². The summed E-state index contributed by atoms with van der Waals surface area (Å²) in [5.74, 6) is 0.876. The highest BCUT2D eigenvalue weighted by Crippen LogP contribution is 2.18. The fourth-order valence-electron chi connectivity index (χ4n) is 0.968. The average Bonchev–Trinajstić information content (AvgIpc) is 2.18. The molecule has 1 heterocycles. The number of aliphatic hydroxyl groups excluding tert-OH is 1. The van der Waals surface area contributed by atoms with Crippen molar-refractivity contribution in [3.05, 3.63) is 24.4 Å². The molecule has 1 N–H and O–H groups in total. The first kappa shape index (κ1) is 9.99. The molecule has 0 unspecified atom stereocenters. The van der Waals surface area contributed by atoms with Crippen LogP contribution in [0.25, 0.3) is 0 Å². The van der Waals surface area contributed by atoms with E-state index in [1.807, 2.05) is 44.0 Å². The molecule has 1 aromatic heterocycles. The summed E-state index contributed by atoms with van der Waals surface area (Å²) >= 11 is 0. The largest absolute Gasteiger partial charge is 0.394 e. The van der Waals surface area contributed by atoms with Crippen molar-refractivity contribution in [1.29, 1.82) is 0 Å². The third-order valence-electron chi connectivity index (χ3n) is 2.29. The quantitative estimate of drug-likeness (QED) is 0.761. The predicted molar refractivity (Wildman–Crippen MR) is 53.8 cm³/mol. The predicted octanol–water partition coefficient (Wildman–Crippen LogP) is 1.29. The van der Waals surface area contributed by atoms with Crippen molar-refractivity contribution in [2.45, 2.75) is 19.4 Å². The lowest BCUT2D eigenvalue weighted by Gasteiger charge is -2.34. The van der Waals surface area contributed by atoms with Crippen LogP contribution in [0.2, 0.25) is 0 Å². The zero-order chi connectivity index (χ0) is 9.90. The smallest absolute Gasteiger partial charge is 0.128 e. The SMILES string of the molecule is CN(c1ccccn1)C(C)(C)CO. The zero-order valence-electron chi connectivity index (χ0n) is 8.36. The van der Waals surface area contributed by atoms with E-state index in [1.54, 1.807) is 6.20 Å². The van der Waals surface area contributed by atoms with Crippen LogP contribution in [0.4, 0.5) is 5.82 Å². The summed E-state index contributed by atoms with van der Waals surface area (Å²) in [6, 6.07) is 5.74. The van der Waals surface area contributed by atoms with Crippen molar-refractivity contribution in [2.24, 2.45) is 0 Å². The number of nitrogens with zero attached hydrogens (tertiary/aromatic N) is 2. The van der Waals surface area contributed by atoms with Crippen LogP contribution in [0.1, 0.15) is 13.8 Å². The molecule has 0 atom stereocenters. The molecule has 1 aromatic rings. The van der Waals surface area contributed by atoms with Gasteiger partial charge in [-0.15, -0.1) is 0 Å². The van der Waals surface area contributed by atoms with E-state index in [2.05, 4.69) is 4.98 Å². The maximum absolute atomic E-state index is 9.16. The second kappa shape index (κ2) is 3.75. The Morgan fingerprint density at radius 2 is 2.15 bits per heavy atom. The van der Waals surface area contributed by atoms with Crippen molar-refractivity contribution >= 4 is 5.82 Å². The number of rotatable bonds is 3. The lowest BCUT2D eigenvalue weighted by atomic mass is 10.1. The highest BCUT2D eigenvalue weighted by molar-refractivity contribution is 5.39. The third-order valence-corrected chi connectivity index (χ3v) is 2.29. The molecule has 0 amide bonds. The Kier molecular flexibility index (Phi) is 2.88. The summed E-state index contributed by atoms with van der Waals surface area (Å²) in [5, 5.41) is 9.16. The van der Waals surface area contributed by atoms with Crippen LogP contribution in [0.5, 0.6) is 0 Å². The zero-order valence-corrected chi connectivity index (χ0v) is 8.36. The van der Waals surface area contributed by atoms with Gasteiger partial charge in [-0.05, 0) is 26.0 Å². The standard InChI is InChI=1S/C10H16N2O/c1-10(2,8-13)12(3)9-6-4-5-7-11-9/h4-7,13H,8H2,1-3H3. The number of aliphatic hydroxyl groups is 1. The Labute approximate surface area is 79.0 Å². The summed E-state index contributed by atoms with van der Waals surface area (Å²) in [7, 11) is 1.93. The molecular formula is C10H16N2O. The molecule has 3 nitrogen and oxygen atoms in total. The van der Waals surface area contributed by atoms with Crippen molar-refractivity contribution in [3.63, 3.8) is 0 Å². The molecule has 13 heavy (non-hydrogen) atoms. The second-order valence-electron chi connectivity index (χ2n) is 3.72. The van der Waals surface area contributed by atoms with Crippen molar-refractivity contribution < 1.29 is 5.11 Å². The fourth-order valence-corrected chi connectivity index (χ4v) is 0.968. The highest BCUT2D eigenvalue weighted by atomic mass is 16.3. The molecule has 0 spiro atoms. The highest BCUT2D eigenvalue weighted by Gasteiger charge is 2.23. The van der Waals surface area contributed by atoms with Gasteiger partial charge in [0.15, 0.2) is 0 Å². The number of likely N-dealkylation sites (N-methyl/N-ethyl adjacent to an activating group) is 1. The summed E-state index contributed by atoms with van der Waals surface area (Å²) in [5.41, 5.74) is -0.269. The molecule has 0 aliphatic rings. The second-order valence-corrected chi connectivity index (χ2v) is 3.72. The van der Waals surface area contributed by atoms with E-state index in [0.29, 0.717) is 0 Å². The van der Waals surface area contributed by atoms with Gasteiger partial charge in [0.2, 0.25) is 0 Å². The lowest BCUT2D eigenvalue weighted by Crippen LogP contribution is -2.44. The van der Waals surface area contributed by atoms with Crippen LogP contribution in [0.3, 0.4) is 0 Å². The van der Waals surface area contributed by atoms with Crippen LogP contribution < -0.4 is 4.90 Å². The van der Waals surface area contributed by atoms with Crippen LogP contribution in [0.15, 0.2) is 24.4 Å². The molecule has 0 aromatic carbocycles. The maximum atomic E-state index is 9.16. The van der Waals surface area contributed by atoms with Crippen LogP contribution >= 0.6 is 0 Å². The minimum absolute atomic E-state index is 0.111. The fraction of sp³-hybridized carbons (Fsp3) is 0.500. The van der Waals surface area contributed by atoms with Gasteiger partial charge in [0.25, 0.3) is 0 Å². The Bertz CT molecular complexity index is 259. The molecular weight excluding hydrogens is 164 g/mol. The van der Waals surface area contributed by atoms with Gasteiger partial charge in [0.05, 0.1) is 12.1 Å². The minimum Gasteiger partial charge on any atom is -0.394 e. The normalized spacial score (nSPS) is 11.4. The van der Waals surface area contributed by atoms with Crippen LogP contribution in [-0.2, 0) is 0 Å². The van der Waals surface area contributed by atoms with Gasteiger partial charge in [-0.3, -0.25) is 0 Å². The van der Waals surface area contributed by atoms with E-state index in [4.69, 9.17) is 5.11 Å². The molecule has 0 bridgehead atoms. The molecule has 0 saturated carbocycles. The van der Waals surface area contributed by atoms with Gasteiger partial charge >= 0.3 is 0 Å². The summed E-state index contributed by atoms with van der Waals surface area (Å²) in [6.45, 7) is 4.06. The van der Waals surface area contributed by atoms with Gasteiger partial charge in [-0.2, -0.15) is 0 Å². The molecule has 72 valence electrons. The van der Waals surface area contributed by atoms with E-state index >= 15 is 0 Å². The third kappa shape index (κ3) is 2.18. The molecule has 0 aliphatic carbocycles. The first-order chi connectivity index (χ1) is 6.08. The van der Waals surface area contributed by atoms with Crippen molar-refractivity contribution in [3.8, 4) is 0 Å². The number of anilines is 1.